The zero-order chi connectivity index (χ0) is 15.5. The van der Waals surface area contributed by atoms with Gasteiger partial charge in [-0.3, -0.25) is 10.1 Å². The predicted octanol–water partition coefficient (Wildman–Crippen LogP) is 4.19. The van der Waals surface area contributed by atoms with Crippen LogP contribution in [0, 0.1) is 10.1 Å². The van der Waals surface area contributed by atoms with Gasteiger partial charge in [-0.2, -0.15) is 13.2 Å². The first-order valence-electron chi connectivity index (χ1n) is 5.90. The Kier molecular flexibility index (Phi) is 4.11. The monoisotopic (exact) mass is 297 g/mol. The second-order valence-corrected chi connectivity index (χ2v) is 4.19. The van der Waals surface area contributed by atoms with Crippen LogP contribution in [-0.2, 0) is 12.8 Å². The molecule has 4 nitrogen and oxygen atoms in total. The van der Waals surface area contributed by atoms with Gasteiger partial charge in [0.25, 0.3) is 5.69 Å². The first kappa shape index (κ1) is 14.8. The molecular weight excluding hydrogens is 287 g/mol. The van der Waals surface area contributed by atoms with Crippen molar-refractivity contribution in [2.75, 3.05) is 0 Å². The summed E-state index contributed by atoms with van der Waals surface area (Å²) in [4.78, 5) is 9.92. The molecule has 0 bridgehead atoms. The lowest BCUT2D eigenvalue weighted by Crippen LogP contribution is -2.10. The Hall–Kier alpha value is -2.57. The van der Waals surface area contributed by atoms with Crippen molar-refractivity contribution in [3.8, 4) is 5.75 Å². The maximum Gasteiger partial charge on any atom is 0.416 e. The number of hydrogen-bond acceptors (Lipinski definition) is 3. The number of nitro benzene ring substituents is 1. The third kappa shape index (κ3) is 3.71. The van der Waals surface area contributed by atoms with Crippen LogP contribution in [0.2, 0.25) is 0 Å². The summed E-state index contributed by atoms with van der Waals surface area (Å²) in [5.74, 6) is 0.262. The summed E-state index contributed by atoms with van der Waals surface area (Å²) in [5.41, 5.74) is -0.867. The number of rotatable bonds is 4. The Morgan fingerprint density at radius 3 is 2.24 bits per heavy atom. The van der Waals surface area contributed by atoms with Gasteiger partial charge in [0.05, 0.1) is 10.5 Å². The third-order valence-electron chi connectivity index (χ3n) is 2.76. The van der Waals surface area contributed by atoms with Crippen LogP contribution in [0.4, 0.5) is 18.9 Å². The Morgan fingerprint density at radius 2 is 1.67 bits per heavy atom. The lowest BCUT2D eigenvalue weighted by Gasteiger charge is -2.13. The molecule has 0 fully saturated rings. The normalized spacial score (nSPS) is 11.2. The van der Waals surface area contributed by atoms with E-state index < -0.39 is 16.7 Å². The largest absolute Gasteiger partial charge is 0.489 e. The molecule has 2 aromatic carbocycles. The molecule has 110 valence electrons. The Bertz CT molecular complexity index is 639. The van der Waals surface area contributed by atoms with E-state index in [1.54, 1.807) is 0 Å². The van der Waals surface area contributed by atoms with Crippen LogP contribution in [0.15, 0.2) is 48.5 Å². The fourth-order valence-corrected chi connectivity index (χ4v) is 1.75. The summed E-state index contributed by atoms with van der Waals surface area (Å²) in [5, 5.41) is 10.5. The molecule has 0 heterocycles. The molecule has 7 heteroatoms. The van der Waals surface area contributed by atoms with Gasteiger partial charge in [-0.25, -0.2) is 0 Å². The highest BCUT2D eigenvalue weighted by Crippen LogP contribution is 2.32. The summed E-state index contributed by atoms with van der Waals surface area (Å²) in [6.45, 7) is -0.270. The predicted molar refractivity (Wildman–Crippen MR) is 68.9 cm³/mol. The topological polar surface area (TPSA) is 52.4 Å². The highest BCUT2D eigenvalue weighted by molar-refractivity contribution is 5.36. The summed E-state index contributed by atoms with van der Waals surface area (Å²) >= 11 is 0. The standard InChI is InChI=1S/C14H10F3NO3/c15-14(16,17)13-4-2-1-3-10(13)9-21-12-7-5-11(6-8-12)18(19)20/h1-8H,9H2. The van der Waals surface area contributed by atoms with Crippen molar-refractivity contribution < 1.29 is 22.8 Å². The van der Waals surface area contributed by atoms with Crippen molar-refractivity contribution in [1.29, 1.82) is 0 Å². The molecule has 2 aromatic rings. The SMILES string of the molecule is O=[N+]([O-])c1ccc(OCc2ccccc2C(F)(F)F)cc1. The maximum atomic E-state index is 12.8. The zero-order valence-corrected chi connectivity index (χ0v) is 10.6. The van der Waals surface area contributed by atoms with E-state index in [1.165, 1.54) is 42.5 Å². The number of ether oxygens (including phenoxy) is 1. The second-order valence-electron chi connectivity index (χ2n) is 4.19. The number of alkyl halides is 3. The molecule has 0 saturated carbocycles. The van der Waals surface area contributed by atoms with E-state index in [1.807, 2.05) is 0 Å². The van der Waals surface area contributed by atoms with Crippen LogP contribution >= 0.6 is 0 Å². The maximum absolute atomic E-state index is 12.8. The van der Waals surface area contributed by atoms with Crippen LogP contribution in [0.1, 0.15) is 11.1 Å². The van der Waals surface area contributed by atoms with Crippen molar-refractivity contribution in [1.82, 2.24) is 0 Å². The van der Waals surface area contributed by atoms with Crippen molar-refractivity contribution in [3.05, 3.63) is 69.8 Å². The molecule has 0 spiro atoms. The summed E-state index contributed by atoms with van der Waals surface area (Å²) < 4.78 is 43.6. The Morgan fingerprint density at radius 1 is 1.05 bits per heavy atom. The molecule has 0 aliphatic carbocycles. The van der Waals surface area contributed by atoms with Gasteiger partial charge in [-0.1, -0.05) is 18.2 Å². The number of halogens is 3. The van der Waals surface area contributed by atoms with Crippen molar-refractivity contribution in [2.24, 2.45) is 0 Å². The Labute approximate surface area is 117 Å². The summed E-state index contributed by atoms with van der Waals surface area (Å²) in [7, 11) is 0. The number of non-ortho nitro benzene ring substituents is 1. The molecule has 0 unspecified atom stereocenters. The highest BCUT2D eigenvalue weighted by atomic mass is 19.4. The van der Waals surface area contributed by atoms with Gasteiger partial charge >= 0.3 is 6.18 Å². The van der Waals surface area contributed by atoms with Gasteiger partial charge in [0.1, 0.15) is 12.4 Å². The van der Waals surface area contributed by atoms with Crippen LogP contribution in [-0.4, -0.2) is 4.92 Å². The molecule has 2 rings (SSSR count). The molecule has 0 amide bonds. The van der Waals surface area contributed by atoms with Crippen LogP contribution in [0.3, 0.4) is 0 Å². The van der Waals surface area contributed by atoms with Crippen LogP contribution < -0.4 is 4.74 Å². The molecular formula is C14H10F3NO3. The number of benzene rings is 2. The lowest BCUT2D eigenvalue weighted by molar-refractivity contribution is -0.384. The van der Waals surface area contributed by atoms with Gasteiger partial charge in [0, 0.05) is 17.7 Å². The number of nitro groups is 1. The average Bonchev–Trinajstić information content (AvgIpc) is 2.45. The lowest BCUT2D eigenvalue weighted by atomic mass is 10.1. The van der Waals surface area contributed by atoms with E-state index in [9.17, 15) is 23.3 Å². The smallest absolute Gasteiger partial charge is 0.416 e. The zero-order valence-electron chi connectivity index (χ0n) is 10.6. The van der Waals surface area contributed by atoms with E-state index in [2.05, 4.69) is 0 Å². The van der Waals surface area contributed by atoms with Crippen molar-refractivity contribution in [3.63, 3.8) is 0 Å². The molecule has 0 aromatic heterocycles. The molecule has 0 atom stereocenters. The molecule has 0 aliphatic heterocycles. The fourth-order valence-electron chi connectivity index (χ4n) is 1.75. The summed E-state index contributed by atoms with van der Waals surface area (Å²) in [6.07, 6.45) is -4.45. The van der Waals surface area contributed by atoms with Gasteiger partial charge in [-0.05, 0) is 18.2 Å². The minimum atomic E-state index is -4.45. The molecule has 0 N–H and O–H groups in total. The number of hydrogen-bond donors (Lipinski definition) is 0. The van der Waals surface area contributed by atoms with Crippen molar-refractivity contribution in [2.45, 2.75) is 12.8 Å². The highest BCUT2D eigenvalue weighted by Gasteiger charge is 2.32. The number of nitrogens with zero attached hydrogens (tertiary/aromatic N) is 1. The Balaban J connectivity index is 2.12. The first-order valence-corrected chi connectivity index (χ1v) is 5.90. The van der Waals surface area contributed by atoms with Gasteiger partial charge < -0.3 is 4.74 Å². The average molecular weight is 297 g/mol. The van der Waals surface area contributed by atoms with E-state index in [0.29, 0.717) is 0 Å². The molecule has 21 heavy (non-hydrogen) atoms. The molecule has 0 saturated heterocycles. The molecule has 0 radical (unpaired) electrons. The van der Waals surface area contributed by atoms with Crippen molar-refractivity contribution >= 4 is 5.69 Å². The van der Waals surface area contributed by atoms with E-state index in [4.69, 9.17) is 4.74 Å². The second kappa shape index (κ2) is 5.82. The van der Waals surface area contributed by atoms with Gasteiger partial charge in [0.15, 0.2) is 0 Å². The van der Waals surface area contributed by atoms with E-state index >= 15 is 0 Å². The van der Waals surface area contributed by atoms with E-state index in [-0.39, 0.29) is 23.6 Å². The first-order chi connectivity index (χ1) is 9.88. The van der Waals surface area contributed by atoms with Crippen LogP contribution in [0.5, 0.6) is 5.75 Å². The van der Waals surface area contributed by atoms with E-state index in [0.717, 1.165) is 6.07 Å². The minimum Gasteiger partial charge on any atom is -0.489 e. The van der Waals surface area contributed by atoms with Crippen LogP contribution in [0.25, 0.3) is 0 Å². The fraction of sp³-hybridized carbons (Fsp3) is 0.143. The van der Waals surface area contributed by atoms with Gasteiger partial charge in [-0.15, -0.1) is 0 Å². The minimum absolute atomic E-state index is 0.00310. The third-order valence-corrected chi connectivity index (χ3v) is 2.76. The van der Waals surface area contributed by atoms with Gasteiger partial charge in [0.2, 0.25) is 0 Å². The summed E-state index contributed by atoms with van der Waals surface area (Å²) in [6, 6.07) is 10.2. The molecule has 0 aliphatic rings. The quantitative estimate of drug-likeness (QED) is 0.628.